The number of aryl methyl sites for hydroxylation is 1. The predicted molar refractivity (Wildman–Crippen MR) is 82.7 cm³/mol. The van der Waals surface area contributed by atoms with Crippen molar-refractivity contribution in [3.05, 3.63) is 46.7 Å². The van der Waals surface area contributed by atoms with Gasteiger partial charge in [-0.25, -0.2) is 15.8 Å². The van der Waals surface area contributed by atoms with Crippen LogP contribution in [0.3, 0.4) is 0 Å². The van der Waals surface area contributed by atoms with Gasteiger partial charge in [0.2, 0.25) is 0 Å². The topological polar surface area (TPSA) is 75.9 Å². The fourth-order valence-corrected chi connectivity index (χ4v) is 2.08. The van der Waals surface area contributed by atoms with E-state index in [-0.39, 0.29) is 6.04 Å². The van der Waals surface area contributed by atoms with Crippen LogP contribution in [-0.4, -0.2) is 9.97 Å². The highest BCUT2D eigenvalue weighted by Gasteiger charge is 2.09. The van der Waals surface area contributed by atoms with Crippen molar-refractivity contribution in [2.45, 2.75) is 26.3 Å². The molecule has 1 unspecified atom stereocenters. The summed E-state index contributed by atoms with van der Waals surface area (Å²) in [5.74, 6) is 7.48. The first-order valence-corrected chi connectivity index (χ1v) is 6.86. The first-order valence-electron chi connectivity index (χ1n) is 6.49. The van der Waals surface area contributed by atoms with E-state index in [0.29, 0.717) is 5.82 Å². The van der Waals surface area contributed by atoms with Gasteiger partial charge in [-0.05, 0) is 24.6 Å². The van der Waals surface area contributed by atoms with Crippen LogP contribution in [0, 0.1) is 0 Å². The third-order valence-electron chi connectivity index (χ3n) is 2.95. The Morgan fingerprint density at radius 3 is 2.65 bits per heavy atom. The SMILES string of the molecule is CCc1nc(NN)cc(NC(C)c2cccc(Cl)c2)n1. The Hall–Kier alpha value is -1.85. The number of hydrazine groups is 1. The second kappa shape index (κ2) is 6.54. The van der Waals surface area contributed by atoms with Crippen LogP contribution >= 0.6 is 11.6 Å². The highest BCUT2D eigenvalue weighted by molar-refractivity contribution is 6.30. The molecule has 2 rings (SSSR count). The van der Waals surface area contributed by atoms with Crippen LogP contribution in [0.25, 0.3) is 0 Å². The minimum atomic E-state index is 0.0823. The number of anilines is 2. The monoisotopic (exact) mass is 291 g/mol. The molecule has 1 aromatic carbocycles. The number of aromatic nitrogens is 2. The zero-order valence-corrected chi connectivity index (χ0v) is 12.3. The van der Waals surface area contributed by atoms with Crippen LogP contribution in [0.2, 0.25) is 5.02 Å². The quantitative estimate of drug-likeness (QED) is 0.583. The lowest BCUT2D eigenvalue weighted by Gasteiger charge is -2.16. The number of benzene rings is 1. The van der Waals surface area contributed by atoms with Crippen LogP contribution in [0.5, 0.6) is 0 Å². The van der Waals surface area contributed by atoms with Gasteiger partial charge in [0.15, 0.2) is 0 Å². The summed E-state index contributed by atoms with van der Waals surface area (Å²) < 4.78 is 0. The molecule has 4 N–H and O–H groups in total. The molecule has 6 heteroatoms. The molecule has 106 valence electrons. The number of nitrogens with zero attached hydrogens (tertiary/aromatic N) is 2. The minimum absolute atomic E-state index is 0.0823. The summed E-state index contributed by atoms with van der Waals surface area (Å²) in [7, 11) is 0. The Balaban J connectivity index is 2.20. The number of nitrogens with two attached hydrogens (primary N) is 1. The van der Waals surface area contributed by atoms with Gasteiger partial charge in [-0.15, -0.1) is 0 Å². The van der Waals surface area contributed by atoms with Crippen LogP contribution in [0.4, 0.5) is 11.6 Å². The van der Waals surface area contributed by atoms with Crippen molar-refractivity contribution in [2.24, 2.45) is 5.84 Å². The summed E-state index contributed by atoms with van der Waals surface area (Å²) in [6.07, 6.45) is 0.746. The van der Waals surface area contributed by atoms with Gasteiger partial charge in [0.25, 0.3) is 0 Å². The van der Waals surface area contributed by atoms with Crippen molar-refractivity contribution in [3.8, 4) is 0 Å². The van der Waals surface area contributed by atoms with E-state index in [1.807, 2.05) is 31.2 Å². The second-order valence-electron chi connectivity index (χ2n) is 4.47. The van der Waals surface area contributed by atoms with E-state index in [1.54, 1.807) is 6.07 Å². The maximum atomic E-state index is 6.01. The third kappa shape index (κ3) is 3.59. The summed E-state index contributed by atoms with van der Waals surface area (Å²) in [5.41, 5.74) is 3.65. The number of hydrogen-bond donors (Lipinski definition) is 3. The summed E-state index contributed by atoms with van der Waals surface area (Å²) in [6.45, 7) is 4.05. The minimum Gasteiger partial charge on any atom is -0.363 e. The second-order valence-corrected chi connectivity index (χ2v) is 4.91. The van der Waals surface area contributed by atoms with E-state index >= 15 is 0 Å². The summed E-state index contributed by atoms with van der Waals surface area (Å²) >= 11 is 6.01. The van der Waals surface area contributed by atoms with E-state index in [4.69, 9.17) is 17.4 Å². The summed E-state index contributed by atoms with van der Waals surface area (Å²) in [6, 6.07) is 9.60. The maximum Gasteiger partial charge on any atom is 0.145 e. The molecular weight excluding hydrogens is 274 g/mol. The lowest BCUT2D eigenvalue weighted by molar-refractivity contribution is 0.857. The average molecular weight is 292 g/mol. The Bertz CT molecular complexity index is 565. The fourth-order valence-electron chi connectivity index (χ4n) is 1.88. The standard InChI is InChI=1S/C14H18ClN5/c1-3-12-18-13(8-14(19-12)20-16)17-9(2)10-5-4-6-11(15)7-10/h4-9H,3,16H2,1-2H3,(H2,17,18,19,20). The average Bonchev–Trinajstić information content (AvgIpc) is 2.46. The number of nitrogen functional groups attached to an aromatic ring is 1. The van der Waals surface area contributed by atoms with E-state index in [1.165, 1.54) is 0 Å². The van der Waals surface area contributed by atoms with E-state index in [9.17, 15) is 0 Å². The lowest BCUT2D eigenvalue weighted by atomic mass is 10.1. The molecule has 0 aliphatic carbocycles. The highest BCUT2D eigenvalue weighted by Crippen LogP contribution is 2.22. The van der Waals surface area contributed by atoms with Gasteiger partial charge in [0.1, 0.15) is 17.5 Å². The molecule has 0 saturated heterocycles. The van der Waals surface area contributed by atoms with Crippen LogP contribution < -0.4 is 16.6 Å². The molecule has 0 radical (unpaired) electrons. The van der Waals surface area contributed by atoms with Gasteiger partial charge < -0.3 is 10.7 Å². The predicted octanol–water partition coefficient (Wildman–Crippen LogP) is 3.15. The first kappa shape index (κ1) is 14.6. The molecular formula is C14H18ClN5. The Morgan fingerprint density at radius 1 is 1.25 bits per heavy atom. The Kier molecular flexibility index (Phi) is 4.76. The third-order valence-corrected chi connectivity index (χ3v) is 3.18. The smallest absolute Gasteiger partial charge is 0.145 e. The van der Waals surface area contributed by atoms with Crippen molar-refractivity contribution in [1.82, 2.24) is 9.97 Å². The highest BCUT2D eigenvalue weighted by atomic mass is 35.5. The lowest BCUT2D eigenvalue weighted by Crippen LogP contribution is -2.13. The number of hydrogen-bond acceptors (Lipinski definition) is 5. The molecule has 0 aliphatic rings. The van der Waals surface area contributed by atoms with Crippen LogP contribution in [0.1, 0.15) is 31.3 Å². The first-order chi connectivity index (χ1) is 9.62. The Morgan fingerprint density at radius 2 is 2.00 bits per heavy atom. The molecule has 2 aromatic rings. The van der Waals surface area contributed by atoms with Crippen LogP contribution in [-0.2, 0) is 6.42 Å². The zero-order chi connectivity index (χ0) is 14.5. The summed E-state index contributed by atoms with van der Waals surface area (Å²) in [4.78, 5) is 8.69. The summed E-state index contributed by atoms with van der Waals surface area (Å²) in [5, 5.41) is 4.05. The van der Waals surface area contributed by atoms with Gasteiger partial charge in [0.05, 0.1) is 0 Å². The number of halogens is 1. The molecule has 0 aliphatic heterocycles. The van der Waals surface area contributed by atoms with Crippen molar-refractivity contribution in [3.63, 3.8) is 0 Å². The van der Waals surface area contributed by atoms with E-state index in [0.717, 1.165) is 28.6 Å². The fraction of sp³-hybridized carbons (Fsp3) is 0.286. The molecule has 5 nitrogen and oxygen atoms in total. The van der Waals surface area contributed by atoms with Crippen LogP contribution in [0.15, 0.2) is 30.3 Å². The van der Waals surface area contributed by atoms with Gasteiger partial charge in [-0.3, -0.25) is 0 Å². The maximum absolute atomic E-state index is 6.01. The largest absolute Gasteiger partial charge is 0.363 e. The molecule has 1 heterocycles. The van der Waals surface area contributed by atoms with Gasteiger partial charge in [-0.2, -0.15) is 0 Å². The van der Waals surface area contributed by atoms with Crippen molar-refractivity contribution in [1.29, 1.82) is 0 Å². The zero-order valence-electron chi connectivity index (χ0n) is 11.5. The normalized spacial score (nSPS) is 12.0. The van der Waals surface area contributed by atoms with Gasteiger partial charge >= 0.3 is 0 Å². The number of rotatable bonds is 5. The van der Waals surface area contributed by atoms with E-state index < -0.39 is 0 Å². The molecule has 1 atom stereocenters. The van der Waals surface area contributed by atoms with E-state index in [2.05, 4.69) is 27.6 Å². The molecule has 20 heavy (non-hydrogen) atoms. The van der Waals surface area contributed by atoms with Gasteiger partial charge in [0, 0.05) is 23.6 Å². The molecule has 0 amide bonds. The molecule has 0 bridgehead atoms. The molecule has 0 fully saturated rings. The van der Waals surface area contributed by atoms with Crippen molar-refractivity contribution in [2.75, 3.05) is 10.7 Å². The van der Waals surface area contributed by atoms with Gasteiger partial charge in [-0.1, -0.05) is 30.7 Å². The van der Waals surface area contributed by atoms with Crippen molar-refractivity contribution < 1.29 is 0 Å². The molecule has 0 spiro atoms. The van der Waals surface area contributed by atoms with Crippen molar-refractivity contribution >= 4 is 23.2 Å². The molecule has 0 saturated carbocycles. The number of nitrogens with one attached hydrogen (secondary N) is 2. The Labute approximate surface area is 123 Å². The molecule has 1 aromatic heterocycles.